The number of unbranched alkanes of at least 4 members (excludes halogenated alkanes) is 3. The number of rotatable bonds is 8. The molecule has 0 heterocycles. The molecule has 0 unspecified atom stereocenters. The second kappa shape index (κ2) is 9.99. The van der Waals surface area contributed by atoms with Gasteiger partial charge in [0.1, 0.15) is 0 Å². The fourth-order valence-electron chi connectivity index (χ4n) is 1.02. The Kier molecular flexibility index (Phi) is 9.22. The Morgan fingerprint density at radius 2 is 2.00 bits per heavy atom. The SMILES string of the molecule is C=C/C=C/C(=O)NCCCCCCO. The molecule has 0 aromatic rings. The van der Waals surface area contributed by atoms with Crippen LogP contribution in [0.5, 0.6) is 0 Å². The van der Waals surface area contributed by atoms with Crippen LogP contribution in [0.2, 0.25) is 0 Å². The Balaban J connectivity index is 3.23. The van der Waals surface area contributed by atoms with E-state index in [4.69, 9.17) is 5.11 Å². The van der Waals surface area contributed by atoms with Crippen LogP contribution in [-0.4, -0.2) is 24.2 Å². The van der Waals surface area contributed by atoms with Crippen LogP contribution >= 0.6 is 0 Å². The van der Waals surface area contributed by atoms with E-state index in [0.717, 1.165) is 25.7 Å². The highest BCUT2D eigenvalue weighted by Crippen LogP contribution is 1.97. The molecule has 0 rings (SSSR count). The molecule has 0 saturated heterocycles. The van der Waals surface area contributed by atoms with Crippen LogP contribution in [0.25, 0.3) is 0 Å². The van der Waals surface area contributed by atoms with Gasteiger partial charge >= 0.3 is 0 Å². The van der Waals surface area contributed by atoms with Crippen LogP contribution in [0.3, 0.4) is 0 Å². The van der Waals surface area contributed by atoms with E-state index in [9.17, 15) is 4.79 Å². The Bertz CT molecular complexity index is 188. The van der Waals surface area contributed by atoms with E-state index in [1.807, 2.05) is 0 Å². The molecule has 0 aromatic heterocycles. The van der Waals surface area contributed by atoms with Crippen LogP contribution in [0.4, 0.5) is 0 Å². The quantitative estimate of drug-likeness (QED) is 0.351. The molecule has 2 N–H and O–H groups in total. The summed E-state index contributed by atoms with van der Waals surface area (Å²) in [5.74, 6) is -0.0768. The molecule has 0 bridgehead atoms. The van der Waals surface area contributed by atoms with Gasteiger partial charge in [0.25, 0.3) is 0 Å². The lowest BCUT2D eigenvalue weighted by Crippen LogP contribution is -2.21. The van der Waals surface area contributed by atoms with Crippen molar-refractivity contribution in [2.45, 2.75) is 25.7 Å². The van der Waals surface area contributed by atoms with Gasteiger partial charge in [-0.1, -0.05) is 31.6 Å². The maximum absolute atomic E-state index is 11.0. The van der Waals surface area contributed by atoms with Crippen LogP contribution in [0, 0.1) is 0 Å². The molecule has 0 aliphatic heterocycles. The summed E-state index contributed by atoms with van der Waals surface area (Å²) in [7, 11) is 0. The maximum Gasteiger partial charge on any atom is 0.243 e. The van der Waals surface area contributed by atoms with Crippen molar-refractivity contribution < 1.29 is 9.90 Å². The van der Waals surface area contributed by atoms with Crippen LogP contribution < -0.4 is 5.32 Å². The molecule has 0 aliphatic carbocycles. The standard InChI is InChI=1S/C11H19NO2/c1-2-3-8-11(14)12-9-6-4-5-7-10-13/h2-3,8,13H,1,4-7,9-10H2,(H,12,14)/b8-3+. The Morgan fingerprint density at radius 1 is 1.29 bits per heavy atom. The molecular weight excluding hydrogens is 178 g/mol. The van der Waals surface area contributed by atoms with Crippen molar-refractivity contribution in [1.29, 1.82) is 0 Å². The third kappa shape index (κ3) is 9.00. The molecule has 0 fully saturated rings. The van der Waals surface area contributed by atoms with E-state index >= 15 is 0 Å². The predicted octanol–water partition coefficient (Wildman–Crippen LogP) is 1.40. The Labute approximate surface area is 85.5 Å². The highest BCUT2D eigenvalue weighted by Gasteiger charge is 1.93. The lowest BCUT2D eigenvalue weighted by molar-refractivity contribution is -0.116. The normalized spacial score (nSPS) is 10.4. The van der Waals surface area contributed by atoms with Crippen molar-refractivity contribution in [3.05, 3.63) is 24.8 Å². The summed E-state index contributed by atoms with van der Waals surface area (Å²) < 4.78 is 0. The van der Waals surface area contributed by atoms with Crippen molar-refractivity contribution in [3.63, 3.8) is 0 Å². The van der Waals surface area contributed by atoms with Crippen LogP contribution in [0.15, 0.2) is 24.8 Å². The number of carbonyl (C=O) groups is 1. The molecule has 0 aromatic carbocycles. The van der Waals surface area contributed by atoms with Gasteiger partial charge in [0.05, 0.1) is 0 Å². The van der Waals surface area contributed by atoms with E-state index in [-0.39, 0.29) is 12.5 Å². The highest BCUT2D eigenvalue weighted by molar-refractivity contribution is 5.87. The summed E-state index contributed by atoms with van der Waals surface area (Å²) in [5.41, 5.74) is 0. The van der Waals surface area contributed by atoms with Gasteiger partial charge in [-0.15, -0.1) is 0 Å². The van der Waals surface area contributed by atoms with Crippen molar-refractivity contribution in [2.75, 3.05) is 13.2 Å². The van der Waals surface area contributed by atoms with Gasteiger partial charge in [0.15, 0.2) is 0 Å². The number of aliphatic hydroxyl groups excluding tert-OH is 1. The average Bonchev–Trinajstić information content (AvgIpc) is 2.20. The van der Waals surface area contributed by atoms with Crippen molar-refractivity contribution >= 4 is 5.91 Å². The number of allylic oxidation sites excluding steroid dienone is 2. The van der Waals surface area contributed by atoms with E-state index in [1.54, 1.807) is 12.2 Å². The Hall–Kier alpha value is -1.09. The molecule has 0 atom stereocenters. The molecule has 3 nitrogen and oxygen atoms in total. The minimum Gasteiger partial charge on any atom is -0.396 e. The maximum atomic E-state index is 11.0. The first-order valence-corrected chi connectivity index (χ1v) is 4.99. The lowest BCUT2D eigenvalue weighted by atomic mass is 10.2. The van der Waals surface area contributed by atoms with E-state index in [0.29, 0.717) is 6.54 Å². The van der Waals surface area contributed by atoms with Crippen LogP contribution in [0.1, 0.15) is 25.7 Å². The zero-order valence-corrected chi connectivity index (χ0v) is 8.54. The molecule has 0 aliphatic rings. The summed E-state index contributed by atoms with van der Waals surface area (Å²) in [4.78, 5) is 11.0. The summed E-state index contributed by atoms with van der Waals surface area (Å²) in [6.45, 7) is 4.43. The van der Waals surface area contributed by atoms with Crippen LogP contribution in [-0.2, 0) is 4.79 Å². The minimum atomic E-state index is -0.0768. The first-order chi connectivity index (χ1) is 6.81. The number of amides is 1. The monoisotopic (exact) mass is 197 g/mol. The fourth-order valence-corrected chi connectivity index (χ4v) is 1.02. The number of aliphatic hydroxyl groups is 1. The number of nitrogens with one attached hydrogen (secondary N) is 1. The van der Waals surface area contributed by atoms with Gasteiger partial charge in [0, 0.05) is 19.2 Å². The predicted molar refractivity (Wildman–Crippen MR) is 57.9 cm³/mol. The molecule has 3 heteroatoms. The second-order valence-electron chi connectivity index (χ2n) is 3.02. The fraction of sp³-hybridized carbons (Fsp3) is 0.545. The molecule has 0 radical (unpaired) electrons. The van der Waals surface area contributed by atoms with Gasteiger partial charge in [0.2, 0.25) is 5.91 Å². The number of hydrogen-bond donors (Lipinski definition) is 2. The molecule has 0 saturated carbocycles. The van der Waals surface area contributed by atoms with E-state index in [2.05, 4.69) is 11.9 Å². The lowest BCUT2D eigenvalue weighted by Gasteiger charge is -2.01. The summed E-state index contributed by atoms with van der Waals surface area (Å²) in [6.07, 6.45) is 8.53. The minimum absolute atomic E-state index is 0.0768. The van der Waals surface area contributed by atoms with Gasteiger partial charge in [-0.3, -0.25) is 4.79 Å². The zero-order chi connectivity index (χ0) is 10.6. The largest absolute Gasteiger partial charge is 0.396 e. The third-order valence-electron chi connectivity index (χ3n) is 1.77. The average molecular weight is 197 g/mol. The molecule has 1 amide bonds. The van der Waals surface area contributed by atoms with Gasteiger partial charge < -0.3 is 10.4 Å². The van der Waals surface area contributed by atoms with E-state index in [1.165, 1.54) is 6.08 Å². The topological polar surface area (TPSA) is 49.3 Å². The van der Waals surface area contributed by atoms with E-state index < -0.39 is 0 Å². The van der Waals surface area contributed by atoms with Gasteiger partial charge in [-0.05, 0) is 12.8 Å². The zero-order valence-electron chi connectivity index (χ0n) is 8.54. The number of hydrogen-bond acceptors (Lipinski definition) is 2. The molecular formula is C11H19NO2. The summed E-state index contributed by atoms with van der Waals surface area (Å²) in [5, 5.41) is 11.3. The number of carbonyl (C=O) groups excluding carboxylic acids is 1. The summed E-state index contributed by atoms with van der Waals surface area (Å²) >= 11 is 0. The smallest absolute Gasteiger partial charge is 0.243 e. The van der Waals surface area contributed by atoms with Gasteiger partial charge in [-0.25, -0.2) is 0 Å². The molecule has 14 heavy (non-hydrogen) atoms. The van der Waals surface area contributed by atoms with Crippen molar-refractivity contribution in [3.8, 4) is 0 Å². The molecule has 0 spiro atoms. The summed E-state index contributed by atoms with van der Waals surface area (Å²) in [6, 6.07) is 0. The first-order valence-electron chi connectivity index (χ1n) is 4.99. The van der Waals surface area contributed by atoms with Crippen molar-refractivity contribution in [2.24, 2.45) is 0 Å². The second-order valence-corrected chi connectivity index (χ2v) is 3.02. The van der Waals surface area contributed by atoms with Crippen molar-refractivity contribution in [1.82, 2.24) is 5.32 Å². The molecule has 80 valence electrons. The first kappa shape index (κ1) is 12.9. The third-order valence-corrected chi connectivity index (χ3v) is 1.77. The van der Waals surface area contributed by atoms with Gasteiger partial charge in [-0.2, -0.15) is 0 Å². The highest BCUT2D eigenvalue weighted by atomic mass is 16.2. The Morgan fingerprint density at radius 3 is 2.64 bits per heavy atom.